The minimum atomic E-state index is -1.23. The fourth-order valence-electron chi connectivity index (χ4n) is 1.33. The van der Waals surface area contributed by atoms with E-state index in [0.29, 0.717) is 43.7 Å². The average molecular weight is 290 g/mol. The zero-order valence-corrected chi connectivity index (χ0v) is 11.8. The van der Waals surface area contributed by atoms with Gasteiger partial charge in [-0.05, 0) is 18.2 Å². The minimum absolute atomic E-state index is 0.349. The summed E-state index contributed by atoms with van der Waals surface area (Å²) >= 11 is 0. The standard InChI is InChI=1S/C13H19FO4S/c1-16-5-6-17-7-8-18-9-10-19(15)13-4-2-3-12(14)11-13/h2-4,11H,5-10H2,1H3. The first-order valence-electron chi connectivity index (χ1n) is 6.02. The van der Waals surface area contributed by atoms with Crippen LogP contribution in [0.15, 0.2) is 29.2 Å². The van der Waals surface area contributed by atoms with E-state index in [1.54, 1.807) is 19.2 Å². The predicted molar refractivity (Wildman–Crippen MR) is 71.2 cm³/mol. The van der Waals surface area contributed by atoms with E-state index in [0.717, 1.165) is 0 Å². The van der Waals surface area contributed by atoms with Crippen LogP contribution < -0.4 is 0 Å². The van der Waals surface area contributed by atoms with Crippen molar-refractivity contribution in [3.05, 3.63) is 30.1 Å². The molecule has 0 spiro atoms. The van der Waals surface area contributed by atoms with Gasteiger partial charge in [0.2, 0.25) is 0 Å². The number of rotatable bonds is 10. The lowest BCUT2D eigenvalue weighted by molar-refractivity contribution is 0.0285. The lowest BCUT2D eigenvalue weighted by atomic mass is 10.4. The van der Waals surface area contributed by atoms with Gasteiger partial charge in [0.25, 0.3) is 0 Å². The van der Waals surface area contributed by atoms with Crippen LogP contribution in [0, 0.1) is 5.82 Å². The van der Waals surface area contributed by atoms with Crippen LogP contribution in [0.5, 0.6) is 0 Å². The van der Waals surface area contributed by atoms with Crippen molar-refractivity contribution in [2.24, 2.45) is 0 Å². The zero-order valence-electron chi connectivity index (χ0n) is 11.0. The molecule has 0 aliphatic heterocycles. The van der Waals surface area contributed by atoms with Crippen LogP contribution in [-0.2, 0) is 25.0 Å². The molecular formula is C13H19FO4S. The maximum absolute atomic E-state index is 12.9. The Hall–Kier alpha value is -0.820. The Morgan fingerprint density at radius 3 is 2.47 bits per heavy atom. The molecule has 0 bridgehead atoms. The van der Waals surface area contributed by atoms with Crippen molar-refractivity contribution in [1.29, 1.82) is 0 Å². The molecule has 0 saturated heterocycles. The zero-order chi connectivity index (χ0) is 13.9. The quantitative estimate of drug-likeness (QED) is 0.614. The molecule has 6 heteroatoms. The number of hydrogen-bond donors (Lipinski definition) is 0. The molecule has 1 unspecified atom stereocenters. The van der Waals surface area contributed by atoms with Crippen molar-refractivity contribution < 1.29 is 22.8 Å². The smallest absolute Gasteiger partial charge is 0.124 e. The van der Waals surface area contributed by atoms with Crippen molar-refractivity contribution in [2.45, 2.75) is 4.90 Å². The van der Waals surface area contributed by atoms with Gasteiger partial charge in [-0.1, -0.05) is 6.07 Å². The van der Waals surface area contributed by atoms with Crippen LogP contribution in [0.1, 0.15) is 0 Å². The first kappa shape index (κ1) is 16.2. The predicted octanol–water partition coefficient (Wildman–Crippen LogP) is 1.61. The largest absolute Gasteiger partial charge is 0.382 e. The lowest BCUT2D eigenvalue weighted by Crippen LogP contribution is -2.12. The Morgan fingerprint density at radius 2 is 1.79 bits per heavy atom. The summed E-state index contributed by atoms with van der Waals surface area (Å²) in [6, 6.07) is 5.80. The topological polar surface area (TPSA) is 44.8 Å². The molecule has 0 fully saturated rings. The molecule has 19 heavy (non-hydrogen) atoms. The van der Waals surface area contributed by atoms with E-state index in [9.17, 15) is 8.60 Å². The average Bonchev–Trinajstić information content (AvgIpc) is 2.41. The molecule has 1 aromatic rings. The minimum Gasteiger partial charge on any atom is -0.382 e. The molecule has 0 aromatic heterocycles. The molecule has 4 nitrogen and oxygen atoms in total. The van der Waals surface area contributed by atoms with E-state index in [1.165, 1.54) is 12.1 Å². The first-order valence-corrected chi connectivity index (χ1v) is 7.34. The van der Waals surface area contributed by atoms with E-state index in [4.69, 9.17) is 14.2 Å². The highest BCUT2D eigenvalue weighted by molar-refractivity contribution is 7.85. The SMILES string of the molecule is COCCOCCOCCS(=O)c1cccc(F)c1. The monoisotopic (exact) mass is 290 g/mol. The second-order valence-electron chi connectivity index (χ2n) is 3.72. The molecule has 108 valence electrons. The Balaban J connectivity index is 2.08. The van der Waals surface area contributed by atoms with Crippen molar-refractivity contribution in [2.75, 3.05) is 45.9 Å². The van der Waals surface area contributed by atoms with E-state index >= 15 is 0 Å². The fraction of sp³-hybridized carbons (Fsp3) is 0.538. The summed E-state index contributed by atoms with van der Waals surface area (Å²) in [7, 11) is 0.383. The molecule has 0 heterocycles. The lowest BCUT2D eigenvalue weighted by Gasteiger charge is -2.06. The van der Waals surface area contributed by atoms with Gasteiger partial charge in [0.05, 0.1) is 49.6 Å². The maximum atomic E-state index is 12.9. The van der Waals surface area contributed by atoms with E-state index < -0.39 is 10.8 Å². The first-order chi connectivity index (χ1) is 9.24. The summed E-state index contributed by atoms with van der Waals surface area (Å²) < 4.78 is 40.0. The Kier molecular flexibility index (Phi) is 8.57. The third-order valence-corrected chi connectivity index (χ3v) is 3.59. The van der Waals surface area contributed by atoms with E-state index in [2.05, 4.69) is 0 Å². The molecule has 1 rings (SSSR count). The summed E-state index contributed by atoms with van der Waals surface area (Å²) in [4.78, 5) is 0.486. The molecule has 1 aromatic carbocycles. The van der Waals surface area contributed by atoms with Gasteiger partial charge in [-0.3, -0.25) is 4.21 Å². The van der Waals surface area contributed by atoms with Gasteiger partial charge in [0, 0.05) is 12.0 Å². The normalized spacial score (nSPS) is 12.5. The fourth-order valence-corrected chi connectivity index (χ4v) is 2.30. The second-order valence-corrected chi connectivity index (χ2v) is 5.30. The third-order valence-electron chi connectivity index (χ3n) is 2.28. The highest BCUT2D eigenvalue weighted by atomic mass is 32.2. The highest BCUT2D eigenvalue weighted by Crippen LogP contribution is 2.08. The highest BCUT2D eigenvalue weighted by Gasteiger charge is 2.04. The molecule has 0 saturated carbocycles. The summed E-state index contributed by atoms with van der Waals surface area (Å²) in [5, 5.41) is 0. The summed E-state index contributed by atoms with van der Waals surface area (Å²) in [5.74, 6) is -0.0278. The molecule has 0 radical (unpaired) electrons. The van der Waals surface area contributed by atoms with Gasteiger partial charge in [-0.15, -0.1) is 0 Å². The van der Waals surface area contributed by atoms with Gasteiger partial charge in [0.15, 0.2) is 0 Å². The van der Waals surface area contributed by atoms with Crippen molar-refractivity contribution in [3.8, 4) is 0 Å². The molecule has 0 aliphatic carbocycles. The summed E-state index contributed by atoms with van der Waals surface area (Å²) in [6.07, 6.45) is 0. The third kappa shape index (κ3) is 7.37. The number of methoxy groups -OCH3 is 1. The number of halogens is 1. The maximum Gasteiger partial charge on any atom is 0.124 e. The molecular weight excluding hydrogens is 271 g/mol. The Bertz CT molecular complexity index is 387. The second kappa shape index (κ2) is 10.0. The molecule has 1 atom stereocenters. The van der Waals surface area contributed by atoms with E-state index in [-0.39, 0.29) is 5.82 Å². The van der Waals surface area contributed by atoms with Gasteiger partial charge in [-0.2, -0.15) is 0 Å². The van der Waals surface area contributed by atoms with Crippen molar-refractivity contribution in [3.63, 3.8) is 0 Å². The Labute approximate surface area is 115 Å². The summed E-state index contributed by atoms with van der Waals surface area (Å²) in [5.41, 5.74) is 0. The van der Waals surface area contributed by atoms with Crippen molar-refractivity contribution in [1.82, 2.24) is 0 Å². The molecule has 0 amide bonds. The van der Waals surface area contributed by atoms with Crippen LogP contribution in [0.3, 0.4) is 0 Å². The van der Waals surface area contributed by atoms with Crippen LogP contribution in [0.2, 0.25) is 0 Å². The van der Waals surface area contributed by atoms with Gasteiger partial charge < -0.3 is 14.2 Å². The van der Waals surface area contributed by atoms with Gasteiger partial charge in [0.1, 0.15) is 5.82 Å². The number of hydrogen-bond acceptors (Lipinski definition) is 4. The number of benzene rings is 1. The van der Waals surface area contributed by atoms with Gasteiger partial charge in [-0.25, -0.2) is 4.39 Å². The molecule has 0 aliphatic rings. The summed E-state index contributed by atoms with van der Waals surface area (Å²) in [6.45, 7) is 2.38. The van der Waals surface area contributed by atoms with Gasteiger partial charge >= 0.3 is 0 Å². The van der Waals surface area contributed by atoms with Crippen LogP contribution in [-0.4, -0.2) is 50.1 Å². The van der Waals surface area contributed by atoms with Crippen LogP contribution >= 0.6 is 0 Å². The number of ether oxygens (including phenoxy) is 3. The van der Waals surface area contributed by atoms with E-state index in [1.807, 2.05) is 0 Å². The Morgan fingerprint density at radius 1 is 1.11 bits per heavy atom. The van der Waals surface area contributed by atoms with Crippen LogP contribution in [0.25, 0.3) is 0 Å². The van der Waals surface area contributed by atoms with Crippen molar-refractivity contribution >= 4 is 10.8 Å². The van der Waals surface area contributed by atoms with Crippen LogP contribution in [0.4, 0.5) is 4.39 Å². The molecule has 0 N–H and O–H groups in total.